The smallest absolute Gasteiger partial charge is 0.275 e. The van der Waals surface area contributed by atoms with Gasteiger partial charge in [-0.2, -0.15) is 5.10 Å². The van der Waals surface area contributed by atoms with Crippen molar-refractivity contribution in [3.05, 3.63) is 65.1 Å². The molecule has 1 unspecified atom stereocenters. The molecule has 0 radical (unpaired) electrons. The second-order valence-electron chi connectivity index (χ2n) is 9.00. The quantitative estimate of drug-likeness (QED) is 0.711. The molecule has 30 heavy (non-hydrogen) atoms. The second kappa shape index (κ2) is 7.51. The number of nitrogens with one attached hydrogen (secondary N) is 1. The van der Waals surface area contributed by atoms with Gasteiger partial charge in [0.15, 0.2) is 5.69 Å². The number of carbonyl (C=O) groups is 1. The molecule has 0 aliphatic carbocycles. The monoisotopic (exact) mass is 406 g/mol. The third-order valence-corrected chi connectivity index (χ3v) is 6.74. The summed E-state index contributed by atoms with van der Waals surface area (Å²) < 4.78 is 14.1. The van der Waals surface area contributed by atoms with E-state index in [9.17, 15) is 9.18 Å². The summed E-state index contributed by atoms with van der Waals surface area (Å²) in [6, 6.07) is 13.0. The minimum Gasteiger partial charge on any atom is -0.337 e. The number of hydrogen-bond acceptors (Lipinski definition) is 3. The summed E-state index contributed by atoms with van der Waals surface area (Å²) in [4.78, 5) is 17.6. The number of fused-ring (bicyclic) bond motifs is 1. The van der Waals surface area contributed by atoms with E-state index in [1.54, 1.807) is 6.07 Å². The van der Waals surface area contributed by atoms with Crippen LogP contribution in [0.2, 0.25) is 0 Å². The molecule has 1 amide bonds. The molecule has 0 bridgehead atoms. The summed E-state index contributed by atoms with van der Waals surface area (Å²) in [5, 5.41) is 8.21. The number of aromatic amines is 1. The van der Waals surface area contributed by atoms with Gasteiger partial charge in [0.1, 0.15) is 5.82 Å². The highest BCUT2D eigenvalue weighted by Crippen LogP contribution is 2.40. The van der Waals surface area contributed by atoms with Crippen LogP contribution in [0.3, 0.4) is 0 Å². The number of aryl methyl sites for hydroxylation is 1. The molecule has 6 heteroatoms. The van der Waals surface area contributed by atoms with E-state index in [1.165, 1.54) is 6.07 Å². The Balaban J connectivity index is 1.31. The van der Waals surface area contributed by atoms with E-state index in [1.807, 2.05) is 42.2 Å². The van der Waals surface area contributed by atoms with Crippen LogP contribution >= 0.6 is 0 Å². The first-order chi connectivity index (χ1) is 14.5. The number of rotatable bonds is 3. The third kappa shape index (κ3) is 3.49. The van der Waals surface area contributed by atoms with Gasteiger partial charge in [-0.3, -0.25) is 14.8 Å². The van der Waals surface area contributed by atoms with Gasteiger partial charge >= 0.3 is 0 Å². The van der Waals surface area contributed by atoms with Gasteiger partial charge in [-0.1, -0.05) is 29.8 Å². The molecule has 2 aromatic carbocycles. The Hall–Kier alpha value is -2.73. The average molecular weight is 407 g/mol. The SMILES string of the molecule is Cc1ccc2[nH]nc(C(=O)N3CCC4(CCCN(Cc5ccccc5F)C4)C3)c2c1. The molecule has 5 rings (SSSR count). The minimum atomic E-state index is -0.138. The van der Waals surface area contributed by atoms with E-state index in [0.29, 0.717) is 12.2 Å². The van der Waals surface area contributed by atoms with Crippen LogP contribution in [0.15, 0.2) is 42.5 Å². The molecule has 3 heterocycles. The number of aromatic nitrogens is 2. The highest BCUT2D eigenvalue weighted by atomic mass is 19.1. The first-order valence-corrected chi connectivity index (χ1v) is 10.7. The molecule has 2 aliphatic rings. The molecule has 2 saturated heterocycles. The van der Waals surface area contributed by atoms with Crippen molar-refractivity contribution in [1.82, 2.24) is 20.0 Å². The minimum absolute atomic E-state index is 0.00922. The zero-order valence-corrected chi connectivity index (χ0v) is 17.3. The molecule has 3 aromatic rings. The van der Waals surface area contributed by atoms with Crippen molar-refractivity contribution in [2.45, 2.75) is 32.7 Å². The lowest BCUT2D eigenvalue weighted by Crippen LogP contribution is -2.45. The van der Waals surface area contributed by atoms with Crippen LogP contribution in [0, 0.1) is 18.2 Å². The average Bonchev–Trinajstić information content (AvgIpc) is 3.33. The molecular formula is C24H27FN4O. The van der Waals surface area contributed by atoms with E-state index >= 15 is 0 Å². The molecule has 2 aliphatic heterocycles. The first-order valence-electron chi connectivity index (χ1n) is 10.7. The van der Waals surface area contributed by atoms with Crippen LogP contribution in [0.4, 0.5) is 4.39 Å². The van der Waals surface area contributed by atoms with Gasteiger partial charge in [-0.25, -0.2) is 4.39 Å². The van der Waals surface area contributed by atoms with Crippen LogP contribution in [-0.2, 0) is 6.54 Å². The summed E-state index contributed by atoms with van der Waals surface area (Å²) in [6.45, 7) is 6.05. The number of hydrogen-bond donors (Lipinski definition) is 1. The molecule has 5 nitrogen and oxygen atoms in total. The number of amides is 1. The number of piperidine rings is 1. The highest BCUT2D eigenvalue weighted by Gasteiger charge is 2.43. The van der Waals surface area contributed by atoms with Crippen molar-refractivity contribution in [3.63, 3.8) is 0 Å². The lowest BCUT2D eigenvalue weighted by atomic mass is 9.79. The number of likely N-dealkylation sites (tertiary alicyclic amines) is 2. The number of halogens is 1. The van der Waals surface area contributed by atoms with Crippen molar-refractivity contribution in [2.75, 3.05) is 26.2 Å². The van der Waals surface area contributed by atoms with E-state index in [2.05, 4.69) is 15.1 Å². The number of nitrogens with zero attached hydrogens (tertiary/aromatic N) is 3. The summed E-state index contributed by atoms with van der Waals surface area (Å²) in [6.07, 6.45) is 3.19. The Morgan fingerprint density at radius 2 is 2.03 bits per heavy atom. The van der Waals surface area contributed by atoms with Gasteiger partial charge in [-0.15, -0.1) is 0 Å². The number of H-pyrrole nitrogens is 1. The fourth-order valence-corrected chi connectivity index (χ4v) is 5.19. The Kier molecular flexibility index (Phi) is 4.82. The third-order valence-electron chi connectivity index (χ3n) is 6.74. The lowest BCUT2D eigenvalue weighted by Gasteiger charge is -2.40. The largest absolute Gasteiger partial charge is 0.337 e. The highest BCUT2D eigenvalue weighted by molar-refractivity contribution is 6.04. The fraction of sp³-hybridized carbons (Fsp3) is 0.417. The van der Waals surface area contributed by atoms with Crippen LogP contribution in [0.5, 0.6) is 0 Å². The van der Waals surface area contributed by atoms with Crippen molar-refractivity contribution in [2.24, 2.45) is 5.41 Å². The Morgan fingerprint density at radius 3 is 2.90 bits per heavy atom. The van der Waals surface area contributed by atoms with Crippen LogP contribution < -0.4 is 0 Å². The van der Waals surface area contributed by atoms with Gasteiger partial charge < -0.3 is 4.90 Å². The molecular weight excluding hydrogens is 379 g/mol. The van der Waals surface area contributed by atoms with Crippen molar-refractivity contribution < 1.29 is 9.18 Å². The topological polar surface area (TPSA) is 52.2 Å². The van der Waals surface area contributed by atoms with E-state index < -0.39 is 0 Å². The fourth-order valence-electron chi connectivity index (χ4n) is 5.19. The van der Waals surface area contributed by atoms with Crippen molar-refractivity contribution in [3.8, 4) is 0 Å². The molecule has 0 saturated carbocycles. The molecule has 1 spiro atoms. The van der Waals surface area contributed by atoms with Gasteiger partial charge in [0.2, 0.25) is 0 Å². The molecule has 156 valence electrons. The summed E-state index contributed by atoms with van der Waals surface area (Å²) in [7, 11) is 0. The van der Waals surface area contributed by atoms with Gasteiger partial charge in [0.25, 0.3) is 5.91 Å². The summed E-state index contributed by atoms with van der Waals surface area (Å²) in [5.41, 5.74) is 3.38. The van der Waals surface area contributed by atoms with Gasteiger partial charge in [0, 0.05) is 42.5 Å². The summed E-state index contributed by atoms with van der Waals surface area (Å²) >= 11 is 0. The van der Waals surface area contributed by atoms with Gasteiger partial charge in [-0.05, 0) is 50.9 Å². The Labute approximate surface area is 175 Å². The zero-order chi connectivity index (χ0) is 20.7. The van der Waals surface area contributed by atoms with Gasteiger partial charge in [0.05, 0.1) is 5.52 Å². The first kappa shape index (κ1) is 19.2. The molecule has 1 atom stereocenters. The maximum atomic E-state index is 14.1. The number of carbonyl (C=O) groups excluding carboxylic acids is 1. The van der Waals surface area contributed by atoms with E-state index in [0.717, 1.165) is 67.5 Å². The predicted octanol–water partition coefficient (Wildman–Crippen LogP) is 4.14. The molecule has 1 N–H and O–H groups in total. The maximum absolute atomic E-state index is 14.1. The zero-order valence-electron chi connectivity index (χ0n) is 17.3. The maximum Gasteiger partial charge on any atom is 0.275 e. The van der Waals surface area contributed by atoms with Crippen LogP contribution in [-0.4, -0.2) is 52.1 Å². The Bertz CT molecular complexity index is 1090. The molecule has 1 aromatic heterocycles. The van der Waals surface area contributed by atoms with Crippen molar-refractivity contribution in [1.29, 1.82) is 0 Å². The second-order valence-corrected chi connectivity index (χ2v) is 9.00. The van der Waals surface area contributed by atoms with Crippen LogP contribution in [0.25, 0.3) is 10.9 Å². The summed E-state index contributed by atoms with van der Waals surface area (Å²) in [5.74, 6) is -0.129. The van der Waals surface area contributed by atoms with Crippen LogP contribution in [0.1, 0.15) is 40.9 Å². The number of benzene rings is 2. The lowest BCUT2D eigenvalue weighted by molar-refractivity contribution is 0.0670. The Morgan fingerprint density at radius 1 is 1.17 bits per heavy atom. The predicted molar refractivity (Wildman–Crippen MR) is 115 cm³/mol. The normalized spacial score (nSPS) is 22.3. The van der Waals surface area contributed by atoms with Crippen molar-refractivity contribution >= 4 is 16.8 Å². The standard InChI is InChI=1S/C24H27FN4O/c1-17-7-8-21-19(13-17)22(27-26-21)23(30)29-12-10-24(16-29)9-4-11-28(15-24)14-18-5-2-3-6-20(18)25/h2-3,5-8,13H,4,9-12,14-16H2,1H3,(H,26,27). The van der Waals surface area contributed by atoms with E-state index in [4.69, 9.17) is 0 Å². The molecule has 2 fully saturated rings. The van der Waals surface area contributed by atoms with E-state index in [-0.39, 0.29) is 17.1 Å².